The lowest BCUT2D eigenvalue weighted by Crippen LogP contribution is -2.21. The number of hydrogen-bond acceptors (Lipinski definition) is 3. The number of aromatic nitrogens is 2. The summed E-state index contributed by atoms with van der Waals surface area (Å²) in [5.74, 6) is 1.06. The Hall–Kier alpha value is -1.65. The predicted molar refractivity (Wildman–Crippen MR) is 80.7 cm³/mol. The number of rotatable bonds is 8. The maximum absolute atomic E-state index is 5.02. The van der Waals surface area contributed by atoms with Crippen LogP contribution in [0.15, 0.2) is 36.7 Å². The van der Waals surface area contributed by atoms with Crippen molar-refractivity contribution in [1.82, 2.24) is 14.9 Å². The molecule has 2 rings (SSSR count). The molecule has 0 atom stereocenters. The lowest BCUT2D eigenvalue weighted by molar-refractivity contribution is 0.199. The molecule has 0 fully saturated rings. The fourth-order valence-electron chi connectivity index (χ4n) is 2.10. The molecule has 0 saturated carbocycles. The van der Waals surface area contributed by atoms with Crippen molar-refractivity contribution in [2.75, 3.05) is 20.3 Å². The van der Waals surface area contributed by atoms with Crippen LogP contribution in [0.5, 0.6) is 0 Å². The number of nitrogens with one attached hydrogen (secondary N) is 1. The van der Waals surface area contributed by atoms with Crippen LogP contribution in [0.3, 0.4) is 0 Å². The van der Waals surface area contributed by atoms with Crippen LogP contribution in [-0.4, -0.2) is 29.8 Å². The van der Waals surface area contributed by atoms with Crippen LogP contribution >= 0.6 is 0 Å². The van der Waals surface area contributed by atoms with Gasteiger partial charge in [-0.05, 0) is 17.5 Å². The van der Waals surface area contributed by atoms with Gasteiger partial charge >= 0.3 is 0 Å². The van der Waals surface area contributed by atoms with Crippen LogP contribution in [-0.2, 0) is 24.2 Å². The van der Waals surface area contributed by atoms with Crippen LogP contribution in [0.2, 0.25) is 0 Å². The van der Waals surface area contributed by atoms with Crippen LogP contribution in [0, 0.1) is 0 Å². The zero-order valence-electron chi connectivity index (χ0n) is 12.3. The Morgan fingerprint density at radius 2 is 1.95 bits per heavy atom. The van der Waals surface area contributed by atoms with Gasteiger partial charge in [-0.3, -0.25) is 0 Å². The summed E-state index contributed by atoms with van der Waals surface area (Å²) in [6.07, 6.45) is 4.97. The van der Waals surface area contributed by atoms with E-state index in [4.69, 9.17) is 4.74 Å². The van der Waals surface area contributed by atoms with Crippen molar-refractivity contribution in [1.29, 1.82) is 0 Å². The maximum Gasteiger partial charge on any atom is 0.122 e. The minimum absolute atomic E-state index is 0.721. The Kier molecular flexibility index (Phi) is 5.77. The number of imidazole rings is 1. The van der Waals surface area contributed by atoms with Crippen molar-refractivity contribution in [3.8, 4) is 0 Å². The van der Waals surface area contributed by atoms with Gasteiger partial charge in [-0.2, -0.15) is 0 Å². The highest BCUT2D eigenvalue weighted by molar-refractivity contribution is 5.23. The van der Waals surface area contributed by atoms with Crippen LogP contribution in [0.25, 0.3) is 0 Å². The first-order valence-electron chi connectivity index (χ1n) is 7.11. The van der Waals surface area contributed by atoms with Gasteiger partial charge in [0.15, 0.2) is 0 Å². The quantitative estimate of drug-likeness (QED) is 0.750. The highest BCUT2D eigenvalue weighted by Gasteiger charge is 2.03. The Labute approximate surface area is 120 Å². The zero-order valence-corrected chi connectivity index (χ0v) is 12.3. The maximum atomic E-state index is 5.02. The highest BCUT2D eigenvalue weighted by atomic mass is 16.5. The summed E-state index contributed by atoms with van der Waals surface area (Å²) in [6, 6.07) is 8.79. The van der Waals surface area contributed by atoms with E-state index >= 15 is 0 Å². The van der Waals surface area contributed by atoms with Gasteiger partial charge in [-0.25, -0.2) is 4.98 Å². The van der Waals surface area contributed by atoms with Crippen LogP contribution in [0.1, 0.15) is 23.9 Å². The summed E-state index contributed by atoms with van der Waals surface area (Å²) in [5.41, 5.74) is 2.68. The largest absolute Gasteiger partial charge is 0.383 e. The first kappa shape index (κ1) is 14.8. The second-order valence-corrected chi connectivity index (χ2v) is 4.81. The summed E-state index contributed by atoms with van der Waals surface area (Å²) >= 11 is 0. The van der Waals surface area contributed by atoms with E-state index in [2.05, 4.69) is 46.1 Å². The molecule has 0 spiro atoms. The number of methoxy groups -OCH3 is 1. The van der Waals surface area contributed by atoms with E-state index in [0.29, 0.717) is 0 Å². The molecule has 20 heavy (non-hydrogen) atoms. The Balaban J connectivity index is 1.93. The van der Waals surface area contributed by atoms with E-state index in [-0.39, 0.29) is 0 Å². The van der Waals surface area contributed by atoms with Crippen LogP contribution in [0.4, 0.5) is 0 Å². The molecule has 1 aromatic heterocycles. The van der Waals surface area contributed by atoms with Crippen molar-refractivity contribution >= 4 is 0 Å². The molecular weight excluding hydrogens is 250 g/mol. The van der Waals surface area contributed by atoms with E-state index in [1.54, 1.807) is 7.11 Å². The van der Waals surface area contributed by atoms with Gasteiger partial charge in [0.25, 0.3) is 0 Å². The third-order valence-electron chi connectivity index (χ3n) is 3.35. The third kappa shape index (κ3) is 4.18. The molecule has 0 radical (unpaired) electrons. The summed E-state index contributed by atoms with van der Waals surface area (Å²) in [6.45, 7) is 5.37. The van der Waals surface area contributed by atoms with Crippen molar-refractivity contribution in [2.24, 2.45) is 0 Å². The van der Waals surface area contributed by atoms with E-state index in [1.165, 1.54) is 11.1 Å². The molecule has 4 nitrogen and oxygen atoms in total. The molecule has 1 heterocycles. The van der Waals surface area contributed by atoms with Crippen molar-refractivity contribution in [3.05, 3.63) is 53.6 Å². The second kappa shape index (κ2) is 7.82. The summed E-state index contributed by atoms with van der Waals surface area (Å²) in [7, 11) is 1.71. The van der Waals surface area contributed by atoms with Gasteiger partial charge in [0.1, 0.15) is 5.82 Å². The second-order valence-electron chi connectivity index (χ2n) is 4.81. The Morgan fingerprint density at radius 1 is 1.20 bits per heavy atom. The number of nitrogens with zero attached hydrogens (tertiary/aromatic N) is 2. The summed E-state index contributed by atoms with van der Waals surface area (Å²) in [5, 5.41) is 3.32. The van der Waals surface area contributed by atoms with E-state index < -0.39 is 0 Å². The normalized spacial score (nSPS) is 10.9. The minimum Gasteiger partial charge on any atom is -0.383 e. The van der Waals surface area contributed by atoms with Crippen molar-refractivity contribution in [3.63, 3.8) is 0 Å². The summed E-state index contributed by atoms with van der Waals surface area (Å²) < 4.78 is 7.20. The Bertz CT molecular complexity index is 505. The average molecular weight is 273 g/mol. The average Bonchev–Trinajstić information content (AvgIpc) is 2.92. The van der Waals surface area contributed by atoms with E-state index in [1.807, 2.05) is 12.4 Å². The molecule has 0 bridgehead atoms. The molecule has 0 aliphatic heterocycles. The minimum atomic E-state index is 0.721. The molecule has 4 heteroatoms. The van der Waals surface area contributed by atoms with Gasteiger partial charge in [-0.1, -0.05) is 31.2 Å². The molecular formula is C16H23N3O. The molecule has 0 unspecified atom stereocenters. The molecule has 0 amide bonds. The molecule has 0 aliphatic carbocycles. The van der Waals surface area contributed by atoms with E-state index in [9.17, 15) is 0 Å². The number of aryl methyl sites for hydroxylation is 1. The van der Waals surface area contributed by atoms with E-state index in [0.717, 1.165) is 38.5 Å². The fourth-order valence-corrected chi connectivity index (χ4v) is 2.10. The number of benzene rings is 1. The molecule has 0 saturated heterocycles. The SMILES string of the molecule is CCc1ccc(Cn2ccnc2CNCCOC)cc1. The van der Waals surface area contributed by atoms with Gasteiger partial charge in [0.2, 0.25) is 0 Å². The third-order valence-corrected chi connectivity index (χ3v) is 3.35. The standard InChI is InChI=1S/C16H23N3O/c1-3-14-4-6-15(7-5-14)13-19-10-8-18-16(19)12-17-9-11-20-2/h4-8,10,17H,3,9,11-13H2,1-2H3. The lowest BCUT2D eigenvalue weighted by atomic mass is 10.1. The zero-order chi connectivity index (χ0) is 14.2. The molecule has 108 valence electrons. The topological polar surface area (TPSA) is 39.1 Å². The first-order chi connectivity index (χ1) is 9.83. The van der Waals surface area contributed by atoms with Gasteiger partial charge in [0, 0.05) is 32.6 Å². The smallest absolute Gasteiger partial charge is 0.122 e. The van der Waals surface area contributed by atoms with Gasteiger partial charge < -0.3 is 14.6 Å². The molecule has 1 N–H and O–H groups in total. The van der Waals surface area contributed by atoms with Gasteiger partial charge in [0.05, 0.1) is 13.2 Å². The summed E-state index contributed by atoms with van der Waals surface area (Å²) in [4.78, 5) is 4.40. The molecule has 1 aromatic carbocycles. The number of ether oxygens (including phenoxy) is 1. The Morgan fingerprint density at radius 3 is 2.65 bits per heavy atom. The van der Waals surface area contributed by atoms with Crippen molar-refractivity contribution in [2.45, 2.75) is 26.4 Å². The fraction of sp³-hybridized carbons (Fsp3) is 0.438. The molecule has 0 aliphatic rings. The predicted octanol–water partition coefficient (Wildman–Crippen LogP) is 2.23. The first-order valence-corrected chi connectivity index (χ1v) is 7.11. The number of hydrogen-bond donors (Lipinski definition) is 1. The molecule has 2 aromatic rings. The monoisotopic (exact) mass is 273 g/mol. The lowest BCUT2D eigenvalue weighted by Gasteiger charge is -2.09. The van der Waals surface area contributed by atoms with Crippen molar-refractivity contribution < 1.29 is 4.74 Å². The van der Waals surface area contributed by atoms with Gasteiger partial charge in [-0.15, -0.1) is 0 Å². The highest BCUT2D eigenvalue weighted by Crippen LogP contribution is 2.08. The van der Waals surface area contributed by atoms with Crippen LogP contribution < -0.4 is 5.32 Å².